The number of amides is 1. The molecule has 20 heavy (non-hydrogen) atoms. The van der Waals surface area contributed by atoms with Crippen LogP contribution in [0.3, 0.4) is 0 Å². The number of rotatable bonds is 8. The standard InChI is InChI=1S/C11H16N4O5/c12-7(1-2-9(16)17)10(18)13-3-4-15-5-8(11(19)20)14-6-15/h5-7H,1-4,12H2,(H,13,18)(H,16,17)(H,19,20). The fraction of sp³-hybridized carbons (Fsp3) is 0.455. The third-order valence-corrected chi connectivity index (χ3v) is 2.53. The van der Waals surface area contributed by atoms with Gasteiger partial charge in [-0.25, -0.2) is 9.78 Å². The number of aliphatic carboxylic acids is 1. The summed E-state index contributed by atoms with van der Waals surface area (Å²) in [5.41, 5.74) is 5.44. The van der Waals surface area contributed by atoms with Crippen molar-refractivity contribution in [1.82, 2.24) is 14.9 Å². The van der Waals surface area contributed by atoms with Crippen LogP contribution in [0.5, 0.6) is 0 Å². The van der Waals surface area contributed by atoms with Crippen LogP contribution in [0.2, 0.25) is 0 Å². The summed E-state index contributed by atoms with van der Waals surface area (Å²) in [6, 6.07) is -0.872. The molecular weight excluding hydrogens is 268 g/mol. The lowest BCUT2D eigenvalue weighted by Gasteiger charge is -2.11. The Morgan fingerprint density at radius 1 is 1.40 bits per heavy atom. The van der Waals surface area contributed by atoms with Crippen LogP contribution in [0, 0.1) is 0 Å². The zero-order valence-electron chi connectivity index (χ0n) is 10.7. The number of nitrogens with one attached hydrogen (secondary N) is 1. The highest BCUT2D eigenvalue weighted by Gasteiger charge is 2.14. The van der Waals surface area contributed by atoms with Gasteiger partial charge in [-0.3, -0.25) is 9.59 Å². The highest BCUT2D eigenvalue weighted by atomic mass is 16.4. The van der Waals surface area contributed by atoms with Crippen LogP contribution in [0.1, 0.15) is 23.3 Å². The van der Waals surface area contributed by atoms with Crippen molar-refractivity contribution >= 4 is 17.8 Å². The summed E-state index contributed by atoms with van der Waals surface area (Å²) in [4.78, 5) is 36.1. The lowest BCUT2D eigenvalue weighted by Crippen LogP contribution is -2.41. The van der Waals surface area contributed by atoms with Crippen molar-refractivity contribution in [2.75, 3.05) is 6.54 Å². The van der Waals surface area contributed by atoms with Gasteiger partial charge in [-0.15, -0.1) is 0 Å². The lowest BCUT2D eigenvalue weighted by molar-refractivity contribution is -0.137. The van der Waals surface area contributed by atoms with E-state index in [0.29, 0.717) is 6.54 Å². The molecule has 0 radical (unpaired) electrons. The molecule has 9 nitrogen and oxygen atoms in total. The van der Waals surface area contributed by atoms with Gasteiger partial charge in [-0.05, 0) is 6.42 Å². The zero-order chi connectivity index (χ0) is 15.1. The second-order valence-corrected chi connectivity index (χ2v) is 4.13. The Morgan fingerprint density at radius 3 is 2.65 bits per heavy atom. The van der Waals surface area contributed by atoms with E-state index in [-0.39, 0.29) is 25.1 Å². The molecule has 1 heterocycles. The quantitative estimate of drug-likeness (QED) is 0.473. The van der Waals surface area contributed by atoms with Crippen LogP contribution in [-0.2, 0) is 16.1 Å². The van der Waals surface area contributed by atoms with Crippen molar-refractivity contribution in [2.24, 2.45) is 5.73 Å². The monoisotopic (exact) mass is 284 g/mol. The Labute approximate surface area is 114 Å². The van der Waals surface area contributed by atoms with Gasteiger partial charge >= 0.3 is 11.9 Å². The van der Waals surface area contributed by atoms with E-state index in [0.717, 1.165) is 0 Å². The van der Waals surface area contributed by atoms with Crippen molar-refractivity contribution in [1.29, 1.82) is 0 Å². The van der Waals surface area contributed by atoms with Crippen LogP contribution in [0.4, 0.5) is 0 Å². The number of carboxylic acid groups (broad SMARTS) is 2. The molecule has 0 aliphatic carbocycles. The number of nitrogens with two attached hydrogens (primary N) is 1. The molecule has 0 aliphatic rings. The predicted molar refractivity (Wildman–Crippen MR) is 67.0 cm³/mol. The van der Waals surface area contributed by atoms with E-state index in [1.807, 2.05) is 0 Å². The molecule has 0 spiro atoms. The first-order valence-corrected chi connectivity index (χ1v) is 5.90. The summed E-state index contributed by atoms with van der Waals surface area (Å²) in [6.07, 6.45) is 2.59. The van der Waals surface area contributed by atoms with Gasteiger partial charge < -0.3 is 25.8 Å². The molecule has 9 heteroatoms. The predicted octanol–water partition coefficient (Wildman–Crippen LogP) is -1.11. The molecular formula is C11H16N4O5. The van der Waals surface area contributed by atoms with Crippen LogP contribution in [0.25, 0.3) is 0 Å². The van der Waals surface area contributed by atoms with Crippen molar-refractivity contribution in [2.45, 2.75) is 25.4 Å². The SMILES string of the molecule is NC(CCC(=O)O)C(=O)NCCn1cnc(C(=O)O)c1. The topological polar surface area (TPSA) is 148 Å². The lowest BCUT2D eigenvalue weighted by atomic mass is 10.1. The van der Waals surface area contributed by atoms with Crippen molar-refractivity contribution in [3.63, 3.8) is 0 Å². The molecule has 0 aliphatic heterocycles. The molecule has 1 amide bonds. The molecule has 1 unspecified atom stereocenters. The number of carbonyl (C=O) groups is 3. The van der Waals surface area contributed by atoms with E-state index in [1.165, 1.54) is 17.1 Å². The maximum absolute atomic E-state index is 11.5. The number of carbonyl (C=O) groups excluding carboxylic acids is 1. The molecule has 5 N–H and O–H groups in total. The number of aromatic carboxylic acids is 1. The Kier molecular flexibility index (Phi) is 5.66. The zero-order valence-corrected chi connectivity index (χ0v) is 10.7. The summed E-state index contributed by atoms with van der Waals surface area (Å²) in [6.45, 7) is 0.590. The van der Waals surface area contributed by atoms with Crippen molar-refractivity contribution < 1.29 is 24.6 Å². The first-order chi connectivity index (χ1) is 9.40. The normalized spacial score (nSPS) is 11.8. The number of nitrogens with zero attached hydrogens (tertiary/aromatic N) is 2. The number of hydrogen-bond acceptors (Lipinski definition) is 5. The van der Waals surface area contributed by atoms with Gasteiger partial charge in [0.25, 0.3) is 0 Å². The van der Waals surface area contributed by atoms with Crippen LogP contribution < -0.4 is 11.1 Å². The summed E-state index contributed by atoms with van der Waals surface area (Å²) in [7, 11) is 0. The largest absolute Gasteiger partial charge is 0.481 e. The molecule has 1 atom stereocenters. The molecule has 1 rings (SSSR count). The van der Waals surface area contributed by atoms with Gasteiger partial charge in [0.05, 0.1) is 12.4 Å². The molecule has 1 aromatic rings. The first kappa shape index (κ1) is 15.6. The van der Waals surface area contributed by atoms with E-state index < -0.39 is 23.9 Å². The van der Waals surface area contributed by atoms with Gasteiger partial charge in [0, 0.05) is 25.7 Å². The van der Waals surface area contributed by atoms with E-state index in [9.17, 15) is 14.4 Å². The molecule has 0 saturated heterocycles. The average Bonchev–Trinajstić information content (AvgIpc) is 2.84. The second-order valence-electron chi connectivity index (χ2n) is 4.13. The molecule has 1 aromatic heterocycles. The molecule has 0 saturated carbocycles. The van der Waals surface area contributed by atoms with E-state index in [4.69, 9.17) is 15.9 Å². The van der Waals surface area contributed by atoms with Crippen LogP contribution >= 0.6 is 0 Å². The van der Waals surface area contributed by atoms with Gasteiger partial charge in [0.15, 0.2) is 5.69 Å². The fourth-order valence-corrected chi connectivity index (χ4v) is 1.44. The minimum absolute atomic E-state index is 0.0649. The van der Waals surface area contributed by atoms with Gasteiger partial charge in [0.1, 0.15) is 0 Å². The van der Waals surface area contributed by atoms with Crippen molar-refractivity contribution in [3.8, 4) is 0 Å². The maximum Gasteiger partial charge on any atom is 0.356 e. The smallest absolute Gasteiger partial charge is 0.356 e. The molecule has 0 fully saturated rings. The summed E-state index contributed by atoms with van der Waals surface area (Å²) in [5, 5.41) is 19.7. The number of aromatic nitrogens is 2. The number of imidazole rings is 1. The van der Waals surface area contributed by atoms with E-state index in [1.54, 1.807) is 0 Å². The van der Waals surface area contributed by atoms with Gasteiger partial charge in [-0.2, -0.15) is 0 Å². The molecule has 110 valence electrons. The second kappa shape index (κ2) is 7.24. The minimum atomic E-state index is -1.12. The highest BCUT2D eigenvalue weighted by Crippen LogP contribution is 1.96. The van der Waals surface area contributed by atoms with E-state index >= 15 is 0 Å². The Hall–Kier alpha value is -2.42. The number of carboxylic acids is 2. The highest BCUT2D eigenvalue weighted by molar-refractivity contribution is 5.84. The Balaban J connectivity index is 2.30. The number of hydrogen-bond donors (Lipinski definition) is 4. The van der Waals surface area contributed by atoms with Gasteiger partial charge in [0.2, 0.25) is 5.91 Å². The van der Waals surface area contributed by atoms with Crippen LogP contribution in [0.15, 0.2) is 12.5 Å². The summed E-state index contributed by atoms with van der Waals surface area (Å²) in [5.74, 6) is -2.57. The Morgan fingerprint density at radius 2 is 2.10 bits per heavy atom. The minimum Gasteiger partial charge on any atom is -0.481 e. The summed E-state index contributed by atoms with van der Waals surface area (Å²) < 4.78 is 1.52. The first-order valence-electron chi connectivity index (χ1n) is 5.90. The third kappa shape index (κ3) is 5.06. The van der Waals surface area contributed by atoms with Crippen molar-refractivity contribution in [3.05, 3.63) is 18.2 Å². The maximum atomic E-state index is 11.5. The van der Waals surface area contributed by atoms with E-state index in [2.05, 4.69) is 10.3 Å². The molecule has 0 bridgehead atoms. The average molecular weight is 284 g/mol. The fourth-order valence-electron chi connectivity index (χ4n) is 1.44. The Bertz CT molecular complexity index is 499. The van der Waals surface area contributed by atoms with Crippen LogP contribution in [-0.4, -0.2) is 50.2 Å². The summed E-state index contributed by atoms with van der Waals surface area (Å²) >= 11 is 0. The molecule has 0 aromatic carbocycles. The van der Waals surface area contributed by atoms with Gasteiger partial charge in [-0.1, -0.05) is 0 Å². The third-order valence-electron chi connectivity index (χ3n) is 2.53.